The van der Waals surface area contributed by atoms with E-state index in [0.717, 1.165) is 35.6 Å². The highest BCUT2D eigenvalue weighted by Gasteiger charge is 2.09. The van der Waals surface area contributed by atoms with Gasteiger partial charge in [-0.2, -0.15) is 0 Å². The second-order valence-corrected chi connectivity index (χ2v) is 6.09. The maximum atomic E-state index is 11.6. The van der Waals surface area contributed by atoms with E-state index in [-0.39, 0.29) is 4.87 Å². The van der Waals surface area contributed by atoms with E-state index in [4.69, 9.17) is 0 Å². The normalized spacial score (nSPS) is 11.1. The molecule has 0 bridgehead atoms. The summed E-state index contributed by atoms with van der Waals surface area (Å²) in [6.07, 6.45) is 0.889. The highest BCUT2D eigenvalue weighted by atomic mass is 32.1. The predicted octanol–water partition coefficient (Wildman–Crippen LogP) is 2.89. The van der Waals surface area contributed by atoms with Crippen LogP contribution in [-0.2, 0) is 6.42 Å². The van der Waals surface area contributed by atoms with Gasteiger partial charge in [-0.25, -0.2) is 0 Å². The van der Waals surface area contributed by atoms with E-state index >= 15 is 0 Å². The summed E-state index contributed by atoms with van der Waals surface area (Å²) in [6.45, 7) is 6.31. The lowest BCUT2D eigenvalue weighted by Gasteiger charge is -2.07. The van der Waals surface area contributed by atoms with Gasteiger partial charge in [0.15, 0.2) is 0 Å². The number of hydrogen-bond donors (Lipinski definition) is 2. The first kappa shape index (κ1) is 14.0. The molecule has 0 unspecified atom stereocenters. The Morgan fingerprint density at radius 3 is 2.68 bits per heavy atom. The minimum absolute atomic E-state index is 0.0257. The van der Waals surface area contributed by atoms with Gasteiger partial charge in [-0.15, -0.1) is 0 Å². The monoisotopic (exact) mass is 276 g/mol. The largest absolute Gasteiger partial charge is 0.316 e. The van der Waals surface area contributed by atoms with Crippen LogP contribution in [0.15, 0.2) is 35.1 Å². The fourth-order valence-electron chi connectivity index (χ4n) is 1.97. The lowest BCUT2D eigenvalue weighted by molar-refractivity contribution is 0.555. The van der Waals surface area contributed by atoms with Crippen molar-refractivity contribution in [2.45, 2.75) is 20.3 Å². The maximum absolute atomic E-state index is 11.6. The Kier molecular flexibility index (Phi) is 4.93. The van der Waals surface area contributed by atoms with Gasteiger partial charge in [-0.05, 0) is 24.4 Å². The Balaban J connectivity index is 2.07. The van der Waals surface area contributed by atoms with Gasteiger partial charge in [0.2, 0.25) is 0 Å². The zero-order valence-corrected chi connectivity index (χ0v) is 12.2. The van der Waals surface area contributed by atoms with Crippen molar-refractivity contribution in [1.29, 1.82) is 0 Å². The Labute approximate surface area is 117 Å². The van der Waals surface area contributed by atoms with E-state index in [9.17, 15) is 4.79 Å². The molecule has 0 atom stereocenters. The van der Waals surface area contributed by atoms with E-state index in [0.29, 0.717) is 5.92 Å². The quantitative estimate of drug-likeness (QED) is 0.797. The minimum Gasteiger partial charge on any atom is -0.316 e. The third kappa shape index (κ3) is 4.04. The lowest BCUT2D eigenvalue weighted by Crippen LogP contribution is -2.22. The van der Waals surface area contributed by atoms with Crippen molar-refractivity contribution in [2.75, 3.05) is 13.1 Å². The third-order valence-corrected chi connectivity index (χ3v) is 3.81. The number of aromatic nitrogens is 1. The van der Waals surface area contributed by atoms with E-state index < -0.39 is 0 Å². The molecule has 0 aliphatic heterocycles. The van der Waals surface area contributed by atoms with Crippen LogP contribution in [0.1, 0.15) is 18.7 Å². The third-order valence-electron chi connectivity index (χ3n) is 2.87. The molecule has 0 amide bonds. The topological polar surface area (TPSA) is 44.9 Å². The molecule has 19 heavy (non-hydrogen) atoms. The van der Waals surface area contributed by atoms with Gasteiger partial charge in [-0.1, -0.05) is 55.5 Å². The molecule has 2 N–H and O–H groups in total. The average Bonchev–Trinajstić information content (AvgIpc) is 2.77. The van der Waals surface area contributed by atoms with Crippen molar-refractivity contribution < 1.29 is 0 Å². The maximum Gasteiger partial charge on any atom is 0.305 e. The smallest absolute Gasteiger partial charge is 0.305 e. The molecule has 1 aromatic heterocycles. The number of nitrogens with one attached hydrogen (secondary N) is 2. The van der Waals surface area contributed by atoms with Gasteiger partial charge in [0.1, 0.15) is 0 Å². The molecule has 2 rings (SSSR count). The molecule has 0 radical (unpaired) electrons. The van der Waals surface area contributed by atoms with Crippen molar-refractivity contribution in [2.24, 2.45) is 5.92 Å². The fraction of sp³-hybridized carbons (Fsp3) is 0.400. The van der Waals surface area contributed by atoms with Crippen LogP contribution in [0.3, 0.4) is 0 Å². The highest BCUT2D eigenvalue weighted by molar-refractivity contribution is 7.09. The number of thiazole rings is 1. The van der Waals surface area contributed by atoms with Crippen LogP contribution in [0.25, 0.3) is 11.3 Å². The number of rotatable bonds is 6. The number of hydrogen-bond acceptors (Lipinski definition) is 3. The van der Waals surface area contributed by atoms with E-state index in [1.807, 2.05) is 30.3 Å². The first-order valence-electron chi connectivity index (χ1n) is 6.65. The SMILES string of the molecule is CC(C)CNCCc1sc(=O)[nH]c1-c1ccccc1. The average molecular weight is 276 g/mol. The van der Waals surface area contributed by atoms with Crippen LogP contribution in [0, 0.1) is 5.92 Å². The molecule has 0 aliphatic rings. The van der Waals surface area contributed by atoms with Crippen molar-refractivity contribution in [1.82, 2.24) is 10.3 Å². The lowest BCUT2D eigenvalue weighted by atomic mass is 10.1. The van der Waals surface area contributed by atoms with Gasteiger partial charge in [0.05, 0.1) is 5.69 Å². The molecular formula is C15H20N2OS. The first-order valence-corrected chi connectivity index (χ1v) is 7.46. The van der Waals surface area contributed by atoms with Crippen LogP contribution in [0.5, 0.6) is 0 Å². The summed E-state index contributed by atoms with van der Waals surface area (Å²) < 4.78 is 0. The molecule has 0 aliphatic carbocycles. The first-order chi connectivity index (χ1) is 9.16. The molecule has 0 saturated carbocycles. The summed E-state index contributed by atoms with van der Waals surface area (Å²) >= 11 is 1.32. The van der Waals surface area contributed by atoms with E-state index in [1.54, 1.807) is 0 Å². The van der Waals surface area contributed by atoms with Gasteiger partial charge < -0.3 is 10.3 Å². The molecule has 3 nitrogen and oxygen atoms in total. The second-order valence-electron chi connectivity index (χ2n) is 5.03. The minimum atomic E-state index is 0.0257. The zero-order chi connectivity index (χ0) is 13.7. The van der Waals surface area contributed by atoms with Crippen LogP contribution < -0.4 is 10.2 Å². The van der Waals surface area contributed by atoms with Crippen molar-refractivity contribution in [3.63, 3.8) is 0 Å². The Morgan fingerprint density at radius 2 is 2.00 bits per heavy atom. The Hall–Kier alpha value is -1.39. The van der Waals surface area contributed by atoms with Crippen LogP contribution in [0.2, 0.25) is 0 Å². The Bertz CT molecular complexity index is 557. The number of H-pyrrole nitrogens is 1. The summed E-state index contributed by atoms with van der Waals surface area (Å²) in [5, 5.41) is 3.41. The van der Waals surface area contributed by atoms with E-state index in [2.05, 4.69) is 24.1 Å². The highest BCUT2D eigenvalue weighted by Crippen LogP contribution is 2.22. The summed E-state index contributed by atoms with van der Waals surface area (Å²) in [6, 6.07) is 10.0. The van der Waals surface area contributed by atoms with Crippen LogP contribution in [-0.4, -0.2) is 18.1 Å². The molecule has 4 heteroatoms. The Morgan fingerprint density at radius 1 is 1.26 bits per heavy atom. The predicted molar refractivity (Wildman–Crippen MR) is 81.8 cm³/mol. The van der Waals surface area contributed by atoms with Crippen molar-refractivity contribution >= 4 is 11.3 Å². The molecule has 102 valence electrons. The fourth-order valence-corrected chi connectivity index (χ4v) is 2.82. The van der Waals surface area contributed by atoms with Gasteiger partial charge in [-0.3, -0.25) is 4.79 Å². The second kappa shape index (κ2) is 6.68. The number of benzene rings is 1. The molecule has 0 saturated heterocycles. The van der Waals surface area contributed by atoms with Gasteiger partial charge >= 0.3 is 4.87 Å². The van der Waals surface area contributed by atoms with E-state index in [1.165, 1.54) is 11.3 Å². The number of aromatic amines is 1. The van der Waals surface area contributed by atoms with Crippen LogP contribution in [0.4, 0.5) is 0 Å². The van der Waals surface area contributed by atoms with Crippen molar-refractivity contribution in [3.05, 3.63) is 44.9 Å². The zero-order valence-electron chi connectivity index (χ0n) is 11.4. The summed E-state index contributed by atoms with van der Waals surface area (Å²) in [5.74, 6) is 0.651. The standard InChI is InChI=1S/C15H20N2OS/c1-11(2)10-16-9-8-13-14(17-15(18)19-13)12-6-4-3-5-7-12/h3-7,11,16H,8-10H2,1-2H3,(H,17,18). The summed E-state index contributed by atoms with van der Waals surface area (Å²) in [7, 11) is 0. The van der Waals surface area contributed by atoms with Gasteiger partial charge in [0.25, 0.3) is 0 Å². The molecular weight excluding hydrogens is 256 g/mol. The molecule has 2 aromatic rings. The molecule has 1 heterocycles. The van der Waals surface area contributed by atoms with Crippen LogP contribution >= 0.6 is 11.3 Å². The molecule has 1 aromatic carbocycles. The summed E-state index contributed by atoms with van der Waals surface area (Å²) in [5.41, 5.74) is 2.06. The molecule has 0 spiro atoms. The van der Waals surface area contributed by atoms with Crippen molar-refractivity contribution in [3.8, 4) is 11.3 Å². The summed E-state index contributed by atoms with van der Waals surface area (Å²) in [4.78, 5) is 15.7. The molecule has 0 fully saturated rings. The van der Waals surface area contributed by atoms with Gasteiger partial charge in [0, 0.05) is 11.4 Å².